The fourth-order valence-corrected chi connectivity index (χ4v) is 2.60. The first-order valence-corrected chi connectivity index (χ1v) is 7.62. The van der Waals surface area contributed by atoms with Gasteiger partial charge in [-0.2, -0.15) is 0 Å². The summed E-state index contributed by atoms with van der Waals surface area (Å²) >= 11 is 3.45. The molecule has 104 valence electrons. The SMILES string of the molecule is Cc1ccc(C(=O)NCCC2CCCCO2)cc1Br. The van der Waals surface area contributed by atoms with Gasteiger partial charge in [0.1, 0.15) is 0 Å². The highest BCUT2D eigenvalue weighted by molar-refractivity contribution is 9.10. The van der Waals surface area contributed by atoms with E-state index in [0.717, 1.165) is 29.5 Å². The number of carbonyl (C=O) groups excluding carboxylic acids is 1. The summed E-state index contributed by atoms with van der Waals surface area (Å²) in [5.41, 5.74) is 1.83. The smallest absolute Gasteiger partial charge is 0.251 e. The van der Waals surface area contributed by atoms with Gasteiger partial charge in [-0.1, -0.05) is 22.0 Å². The zero-order valence-electron chi connectivity index (χ0n) is 11.2. The van der Waals surface area contributed by atoms with Crippen molar-refractivity contribution in [3.05, 3.63) is 33.8 Å². The standard InChI is InChI=1S/C15H20BrNO2/c1-11-5-6-12(10-14(11)16)15(18)17-8-7-13-4-2-3-9-19-13/h5-6,10,13H,2-4,7-9H2,1H3,(H,17,18). The molecule has 19 heavy (non-hydrogen) atoms. The van der Waals surface area contributed by atoms with E-state index in [2.05, 4.69) is 21.2 Å². The van der Waals surface area contributed by atoms with Crippen LogP contribution in [0.15, 0.2) is 22.7 Å². The van der Waals surface area contributed by atoms with Crippen molar-refractivity contribution in [2.75, 3.05) is 13.2 Å². The summed E-state index contributed by atoms with van der Waals surface area (Å²) in [6.45, 7) is 3.55. The van der Waals surface area contributed by atoms with Crippen LogP contribution in [-0.2, 0) is 4.74 Å². The van der Waals surface area contributed by atoms with Gasteiger partial charge in [0.2, 0.25) is 0 Å². The van der Waals surface area contributed by atoms with E-state index in [-0.39, 0.29) is 5.91 Å². The summed E-state index contributed by atoms with van der Waals surface area (Å²) in [6, 6.07) is 5.66. The van der Waals surface area contributed by atoms with E-state index in [1.165, 1.54) is 12.8 Å². The summed E-state index contributed by atoms with van der Waals surface area (Å²) < 4.78 is 6.61. The van der Waals surface area contributed by atoms with Crippen LogP contribution in [0, 0.1) is 6.92 Å². The molecule has 1 N–H and O–H groups in total. The van der Waals surface area contributed by atoms with Gasteiger partial charge in [0.25, 0.3) is 5.91 Å². The van der Waals surface area contributed by atoms with Crippen LogP contribution in [-0.4, -0.2) is 25.2 Å². The molecule has 0 spiro atoms. The lowest BCUT2D eigenvalue weighted by Crippen LogP contribution is -2.29. The fraction of sp³-hybridized carbons (Fsp3) is 0.533. The van der Waals surface area contributed by atoms with Gasteiger partial charge in [-0.05, 0) is 50.3 Å². The largest absolute Gasteiger partial charge is 0.378 e. The maximum absolute atomic E-state index is 12.0. The van der Waals surface area contributed by atoms with Crippen LogP contribution < -0.4 is 5.32 Å². The molecule has 1 heterocycles. The molecule has 1 aliphatic heterocycles. The van der Waals surface area contributed by atoms with Gasteiger partial charge in [-0.15, -0.1) is 0 Å². The Kier molecular flexibility index (Phi) is 5.40. The second-order valence-electron chi connectivity index (χ2n) is 5.00. The average molecular weight is 326 g/mol. The molecule has 3 nitrogen and oxygen atoms in total. The molecule has 1 atom stereocenters. The van der Waals surface area contributed by atoms with E-state index in [9.17, 15) is 4.79 Å². The van der Waals surface area contributed by atoms with Gasteiger partial charge in [-0.3, -0.25) is 4.79 Å². The Morgan fingerprint density at radius 3 is 3.00 bits per heavy atom. The lowest BCUT2D eigenvalue weighted by atomic mass is 10.1. The normalized spacial score (nSPS) is 19.2. The van der Waals surface area contributed by atoms with Crippen molar-refractivity contribution >= 4 is 21.8 Å². The van der Waals surface area contributed by atoms with Crippen LogP contribution in [0.5, 0.6) is 0 Å². The fourth-order valence-electron chi connectivity index (χ4n) is 2.22. The number of amides is 1. The van der Waals surface area contributed by atoms with Gasteiger partial charge in [0.05, 0.1) is 6.10 Å². The summed E-state index contributed by atoms with van der Waals surface area (Å²) in [6.07, 6.45) is 4.74. The van der Waals surface area contributed by atoms with Crippen LogP contribution in [0.25, 0.3) is 0 Å². The van der Waals surface area contributed by atoms with Crippen molar-refractivity contribution in [2.24, 2.45) is 0 Å². The number of benzene rings is 1. The topological polar surface area (TPSA) is 38.3 Å². The number of hydrogen-bond donors (Lipinski definition) is 1. The van der Waals surface area contributed by atoms with E-state index < -0.39 is 0 Å². The zero-order chi connectivity index (χ0) is 13.7. The van der Waals surface area contributed by atoms with Crippen molar-refractivity contribution in [2.45, 2.75) is 38.7 Å². The quantitative estimate of drug-likeness (QED) is 0.920. The maximum atomic E-state index is 12.0. The highest BCUT2D eigenvalue weighted by Crippen LogP contribution is 2.18. The zero-order valence-corrected chi connectivity index (χ0v) is 12.8. The Labute approximate surface area is 122 Å². The third kappa shape index (κ3) is 4.32. The van der Waals surface area contributed by atoms with Crippen molar-refractivity contribution in [1.29, 1.82) is 0 Å². The molecule has 1 saturated heterocycles. The Hall–Kier alpha value is -0.870. The molecule has 1 aliphatic rings. The van der Waals surface area contributed by atoms with Crippen LogP contribution in [0.4, 0.5) is 0 Å². The van der Waals surface area contributed by atoms with Crippen molar-refractivity contribution in [1.82, 2.24) is 5.32 Å². The number of nitrogens with one attached hydrogen (secondary N) is 1. The third-order valence-electron chi connectivity index (χ3n) is 3.46. The Balaban J connectivity index is 1.78. The summed E-state index contributed by atoms with van der Waals surface area (Å²) in [5, 5.41) is 2.95. The second kappa shape index (κ2) is 7.06. The lowest BCUT2D eigenvalue weighted by molar-refractivity contribution is 0.0117. The Bertz CT molecular complexity index is 442. The molecule has 0 bridgehead atoms. The third-order valence-corrected chi connectivity index (χ3v) is 4.31. The van der Waals surface area contributed by atoms with Gasteiger partial charge in [0, 0.05) is 23.2 Å². The van der Waals surface area contributed by atoms with E-state index in [0.29, 0.717) is 18.2 Å². The first-order chi connectivity index (χ1) is 9.16. The summed E-state index contributed by atoms with van der Waals surface area (Å²) in [7, 11) is 0. The minimum Gasteiger partial charge on any atom is -0.378 e. The molecule has 0 saturated carbocycles. The van der Waals surface area contributed by atoms with E-state index in [1.54, 1.807) is 0 Å². The highest BCUT2D eigenvalue weighted by atomic mass is 79.9. The summed E-state index contributed by atoms with van der Waals surface area (Å²) in [5.74, 6) is -0.0171. The van der Waals surface area contributed by atoms with Crippen LogP contribution in [0.2, 0.25) is 0 Å². The maximum Gasteiger partial charge on any atom is 0.251 e. The molecule has 0 radical (unpaired) electrons. The molecular formula is C15H20BrNO2. The number of hydrogen-bond acceptors (Lipinski definition) is 2. The minimum atomic E-state index is -0.0171. The second-order valence-corrected chi connectivity index (χ2v) is 5.85. The first kappa shape index (κ1) is 14.5. The molecule has 1 fully saturated rings. The van der Waals surface area contributed by atoms with Crippen LogP contribution in [0.1, 0.15) is 41.6 Å². The molecule has 1 aromatic rings. The van der Waals surface area contributed by atoms with E-state index >= 15 is 0 Å². The molecule has 2 rings (SSSR count). The molecule has 1 amide bonds. The van der Waals surface area contributed by atoms with E-state index in [4.69, 9.17) is 4.74 Å². The van der Waals surface area contributed by atoms with Crippen molar-refractivity contribution in [3.8, 4) is 0 Å². The lowest BCUT2D eigenvalue weighted by Gasteiger charge is -2.22. The monoisotopic (exact) mass is 325 g/mol. The van der Waals surface area contributed by atoms with Crippen molar-refractivity contribution < 1.29 is 9.53 Å². The molecule has 0 aromatic heterocycles. The average Bonchev–Trinajstić information content (AvgIpc) is 2.43. The van der Waals surface area contributed by atoms with Gasteiger partial charge < -0.3 is 10.1 Å². The van der Waals surface area contributed by atoms with Gasteiger partial charge >= 0.3 is 0 Å². The van der Waals surface area contributed by atoms with Crippen LogP contribution >= 0.6 is 15.9 Å². The molecule has 1 aromatic carbocycles. The van der Waals surface area contributed by atoms with Crippen LogP contribution in [0.3, 0.4) is 0 Å². The Morgan fingerprint density at radius 1 is 1.47 bits per heavy atom. The molecular weight excluding hydrogens is 306 g/mol. The molecule has 0 aliphatic carbocycles. The molecule has 1 unspecified atom stereocenters. The van der Waals surface area contributed by atoms with Gasteiger partial charge in [0.15, 0.2) is 0 Å². The first-order valence-electron chi connectivity index (χ1n) is 6.83. The highest BCUT2D eigenvalue weighted by Gasteiger charge is 2.14. The minimum absolute atomic E-state index is 0.0171. The summed E-state index contributed by atoms with van der Waals surface area (Å²) in [4.78, 5) is 12.0. The van der Waals surface area contributed by atoms with Gasteiger partial charge in [-0.25, -0.2) is 0 Å². The number of halogens is 1. The van der Waals surface area contributed by atoms with Crippen molar-refractivity contribution in [3.63, 3.8) is 0 Å². The Morgan fingerprint density at radius 2 is 2.32 bits per heavy atom. The number of ether oxygens (including phenoxy) is 1. The number of carbonyl (C=O) groups is 1. The number of aryl methyl sites for hydroxylation is 1. The molecule has 4 heteroatoms. The number of rotatable bonds is 4. The van der Waals surface area contributed by atoms with E-state index in [1.807, 2.05) is 25.1 Å². The predicted molar refractivity (Wildman–Crippen MR) is 79.4 cm³/mol. The predicted octanol–water partition coefficient (Wildman–Crippen LogP) is 3.45.